The summed E-state index contributed by atoms with van der Waals surface area (Å²) in [5, 5.41) is 9.45. The first-order valence-corrected chi connectivity index (χ1v) is 17.6. The van der Waals surface area contributed by atoms with Crippen molar-refractivity contribution < 1.29 is 0 Å². The number of fused-ring (bicyclic) bond motifs is 5. The van der Waals surface area contributed by atoms with Crippen LogP contribution in [0.2, 0.25) is 0 Å². The highest BCUT2D eigenvalue weighted by Gasteiger charge is 2.16. The van der Waals surface area contributed by atoms with E-state index < -0.39 is 0 Å². The minimum atomic E-state index is 0.710. The quantitative estimate of drug-likeness (QED) is 0.172. The maximum Gasteiger partial charge on any atom is 0.161 e. The Morgan fingerprint density at radius 3 is 1.71 bits per heavy atom. The van der Waals surface area contributed by atoms with Gasteiger partial charge in [-0.05, 0) is 72.6 Å². The van der Waals surface area contributed by atoms with Crippen LogP contribution in [0.4, 0.5) is 0 Å². The first-order valence-electron chi connectivity index (χ1n) is 17.6. The van der Waals surface area contributed by atoms with Crippen molar-refractivity contribution in [2.75, 3.05) is 0 Å². The summed E-state index contributed by atoms with van der Waals surface area (Å²) >= 11 is 0. The molecule has 0 spiro atoms. The van der Waals surface area contributed by atoms with Crippen LogP contribution in [0, 0.1) is 0 Å². The molecule has 10 aromatic rings. The van der Waals surface area contributed by atoms with Crippen LogP contribution in [0.1, 0.15) is 0 Å². The fourth-order valence-corrected chi connectivity index (χ4v) is 7.59. The zero-order valence-corrected chi connectivity index (χ0v) is 28.2. The minimum absolute atomic E-state index is 0.710. The summed E-state index contributed by atoms with van der Waals surface area (Å²) in [6, 6.07) is 62.4. The highest BCUT2D eigenvalue weighted by atomic mass is 14.9. The molecule has 2 heterocycles. The van der Waals surface area contributed by atoms with Crippen LogP contribution in [0.5, 0.6) is 0 Å². The topological polar surface area (TPSA) is 38.7 Å². The first kappa shape index (κ1) is 29.9. The van der Waals surface area contributed by atoms with Gasteiger partial charge in [-0.2, -0.15) is 0 Å². The van der Waals surface area contributed by atoms with E-state index in [4.69, 9.17) is 9.97 Å². The molecule has 0 bridgehead atoms. The molecule has 0 aliphatic heterocycles. The zero-order chi connectivity index (χ0) is 34.4. The largest absolute Gasteiger partial charge is 0.263 e. The average molecular weight is 662 g/mol. The molecule has 0 aliphatic carbocycles. The van der Waals surface area contributed by atoms with E-state index in [1.54, 1.807) is 0 Å². The Hall–Kier alpha value is -6.97. The van der Waals surface area contributed by atoms with E-state index in [2.05, 4.69) is 181 Å². The third-order valence-corrected chi connectivity index (χ3v) is 10.2. The molecule has 0 saturated carbocycles. The average Bonchev–Trinajstić information content (AvgIpc) is 3.23. The molecule has 0 unspecified atom stereocenters. The predicted molar refractivity (Wildman–Crippen MR) is 217 cm³/mol. The van der Waals surface area contributed by atoms with Crippen LogP contribution in [0.25, 0.3) is 99.2 Å². The van der Waals surface area contributed by atoms with Gasteiger partial charge in [0.15, 0.2) is 5.82 Å². The molecule has 0 amide bonds. The summed E-state index contributed by atoms with van der Waals surface area (Å²) in [6.07, 6.45) is 3.89. The summed E-state index contributed by atoms with van der Waals surface area (Å²) in [6.45, 7) is 0. The van der Waals surface area contributed by atoms with E-state index in [0.717, 1.165) is 66.5 Å². The molecule has 2 aromatic heterocycles. The number of hydrogen-bond donors (Lipinski definition) is 0. The van der Waals surface area contributed by atoms with Gasteiger partial charge in [0.2, 0.25) is 0 Å². The second kappa shape index (κ2) is 12.4. The van der Waals surface area contributed by atoms with E-state index in [1.807, 2.05) is 12.4 Å². The molecule has 0 radical (unpaired) electrons. The molecular weight excluding hydrogens is 631 g/mol. The molecule has 0 saturated heterocycles. The lowest BCUT2D eigenvalue weighted by Crippen LogP contribution is -1.97. The van der Waals surface area contributed by atoms with Crippen molar-refractivity contribution in [3.63, 3.8) is 0 Å². The van der Waals surface area contributed by atoms with Crippen molar-refractivity contribution in [1.29, 1.82) is 0 Å². The van der Waals surface area contributed by atoms with Gasteiger partial charge in [-0.15, -0.1) is 0 Å². The number of rotatable bonds is 5. The van der Waals surface area contributed by atoms with E-state index in [0.29, 0.717) is 5.82 Å². The summed E-state index contributed by atoms with van der Waals surface area (Å²) < 4.78 is 0. The van der Waals surface area contributed by atoms with E-state index in [1.165, 1.54) is 26.9 Å². The van der Waals surface area contributed by atoms with Crippen molar-refractivity contribution in [3.8, 4) is 56.2 Å². The number of hydrogen-bond acceptors (Lipinski definition) is 3. The molecule has 242 valence electrons. The monoisotopic (exact) mass is 661 g/mol. The fourth-order valence-electron chi connectivity index (χ4n) is 7.59. The smallest absolute Gasteiger partial charge is 0.161 e. The molecule has 0 N–H and O–H groups in total. The van der Waals surface area contributed by atoms with Gasteiger partial charge in [0, 0.05) is 40.0 Å². The Kier molecular flexibility index (Phi) is 7.14. The molecule has 0 aliphatic rings. The molecule has 0 fully saturated rings. The molecule has 3 nitrogen and oxygen atoms in total. The fraction of sp³-hybridized carbons (Fsp3) is 0. The molecular formula is C49H31N3. The summed E-state index contributed by atoms with van der Waals surface area (Å²) in [4.78, 5) is 15.1. The standard InChI is InChI=1S/C49H31N3/c1-4-17-39-33(11-1)14-10-22-44(39)49-51-47(29-48(52-49)45-28-37-12-2-5-18-40(37)42-20-7-8-21-43(42)45)34-25-23-32(24-26-34)35-15-9-16-36(27-35)46-31-50-30-38-13-3-6-19-41(38)46/h1-31H. The molecule has 8 aromatic carbocycles. The highest BCUT2D eigenvalue weighted by molar-refractivity contribution is 6.13. The Morgan fingerprint density at radius 1 is 0.288 bits per heavy atom. The predicted octanol–water partition coefficient (Wildman–Crippen LogP) is 12.8. The Bertz CT molecular complexity index is 2950. The van der Waals surface area contributed by atoms with Gasteiger partial charge in [-0.1, -0.05) is 158 Å². The van der Waals surface area contributed by atoms with Gasteiger partial charge in [0.1, 0.15) is 0 Å². The van der Waals surface area contributed by atoms with Crippen LogP contribution < -0.4 is 0 Å². The summed E-state index contributed by atoms with van der Waals surface area (Å²) in [5.74, 6) is 0.710. The van der Waals surface area contributed by atoms with Gasteiger partial charge in [-0.25, -0.2) is 9.97 Å². The second-order valence-corrected chi connectivity index (χ2v) is 13.2. The molecule has 0 atom stereocenters. The molecule has 10 rings (SSSR count). The van der Waals surface area contributed by atoms with Gasteiger partial charge >= 0.3 is 0 Å². The van der Waals surface area contributed by atoms with Crippen LogP contribution >= 0.6 is 0 Å². The van der Waals surface area contributed by atoms with Crippen molar-refractivity contribution in [1.82, 2.24) is 15.0 Å². The second-order valence-electron chi connectivity index (χ2n) is 13.2. The number of pyridine rings is 1. The van der Waals surface area contributed by atoms with E-state index in [-0.39, 0.29) is 0 Å². The maximum atomic E-state index is 5.32. The van der Waals surface area contributed by atoms with Gasteiger partial charge in [-0.3, -0.25) is 4.98 Å². The SMILES string of the molecule is c1cc(-c2ccc(-c3cc(-c4cc5ccccc5c5ccccc45)nc(-c4cccc5ccccc45)n3)cc2)cc(-c2cncc3ccccc23)c1. The lowest BCUT2D eigenvalue weighted by Gasteiger charge is -2.14. The van der Waals surface area contributed by atoms with Crippen molar-refractivity contribution >= 4 is 43.1 Å². The highest BCUT2D eigenvalue weighted by Crippen LogP contribution is 2.38. The summed E-state index contributed by atoms with van der Waals surface area (Å²) in [5.41, 5.74) is 9.50. The Labute approximate surface area is 301 Å². The van der Waals surface area contributed by atoms with Crippen LogP contribution in [-0.4, -0.2) is 15.0 Å². The zero-order valence-electron chi connectivity index (χ0n) is 28.2. The molecule has 52 heavy (non-hydrogen) atoms. The Balaban J connectivity index is 1.12. The van der Waals surface area contributed by atoms with Gasteiger partial charge in [0.05, 0.1) is 11.4 Å². The lowest BCUT2D eigenvalue weighted by molar-refractivity contribution is 1.19. The third kappa shape index (κ3) is 5.19. The number of aromatic nitrogens is 3. The Morgan fingerprint density at radius 2 is 0.885 bits per heavy atom. The third-order valence-electron chi connectivity index (χ3n) is 10.2. The maximum absolute atomic E-state index is 5.32. The van der Waals surface area contributed by atoms with E-state index >= 15 is 0 Å². The summed E-state index contributed by atoms with van der Waals surface area (Å²) in [7, 11) is 0. The normalized spacial score (nSPS) is 11.5. The van der Waals surface area contributed by atoms with Gasteiger partial charge in [0.25, 0.3) is 0 Å². The first-order chi connectivity index (χ1) is 25.8. The van der Waals surface area contributed by atoms with Crippen molar-refractivity contribution in [3.05, 3.63) is 188 Å². The lowest BCUT2D eigenvalue weighted by atomic mass is 9.94. The number of nitrogens with zero attached hydrogens (tertiary/aromatic N) is 3. The van der Waals surface area contributed by atoms with Crippen molar-refractivity contribution in [2.24, 2.45) is 0 Å². The van der Waals surface area contributed by atoms with Crippen LogP contribution in [0.15, 0.2) is 188 Å². The van der Waals surface area contributed by atoms with Gasteiger partial charge < -0.3 is 0 Å². The van der Waals surface area contributed by atoms with Crippen LogP contribution in [-0.2, 0) is 0 Å². The minimum Gasteiger partial charge on any atom is -0.263 e. The van der Waals surface area contributed by atoms with Crippen LogP contribution in [0.3, 0.4) is 0 Å². The van der Waals surface area contributed by atoms with E-state index in [9.17, 15) is 0 Å². The molecule has 3 heteroatoms. The van der Waals surface area contributed by atoms with Crippen molar-refractivity contribution in [2.45, 2.75) is 0 Å². The number of benzene rings is 8.